The third kappa shape index (κ3) is 2.98. The third-order valence-electron chi connectivity index (χ3n) is 3.12. The summed E-state index contributed by atoms with van der Waals surface area (Å²) in [6.45, 7) is 1.84. The predicted molar refractivity (Wildman–Crippen MR) is 79.7 cm³/mol. The minimum absolute atomic E-state index is 0.206. The summed E-state index contributed by atoms with van der Waals surface area (Å²) < 4.78 is 0. The number of H-pyrrole nitrogens is 1. The largest absolute Gasteiger partial charge is 0.342 e. The van der Waals surface area contributed by atoms with Gasteiger partial charge in [-0.25, -0.2) is 4.98 Å². The fourth-order valence-corrected chi connectivity index (χ4v) is 1.94. The SMILES string of the molecule is C[C@H](NC(=O)c1cccnc1)c1nc(-c2ccncc2)n[nH]1. The average Bonchev–Trinajstić information content (AvgIpc) is 3.06. The van der Waals surface area contributed by atoms with E-state index in [1.165, 1.54) is 6.20 Å². The first kappa shape index (κ1) is 13.9. The van der Waals surface area contributed by atoms with Crippen molar-refractivity contribution in [2.75, 3.05) is 0 Å². The molecule has 1 atom stereocenters. The van der Waals surface area contributed by atoms with Gasteiger partial charge in [-0.05, 0) is 31.2 Å². The number of aromatic amines is 1. The van der Waals surface area contributed by atoms with Crippen LogP contribution in [0.15, 0.2) is 49.1 Å². The molecule has 0 saturated heterocycles. The molecule has 0 aliphatic carbocycles. The number of amides is 1. The number of pyridine rings is 2. The molecule has 0 fully saturated rings. The molecule has 0 radical (unpaired) electrons. The van der Waals surface area contributed by atoms with Crippen molar-refractivity contribution in [3.63, 3.8) is 0 Å². The van der Waals surface area contributed by atoms with Crippen molar-refractivity contribution in [1.29, 1.82) is 0 Å². The molecule has 1 amide bonds. The fraction of sp³-hybridized carbons (Fsp3) is 0.133. The molecule has 0 bridgehead atoms. The first-order valence-corrected chi connectivity index (χ1v) is 6.77. The highest BCUT2D eigenvalue weighted by Crippen LogP contribution is 2.15. The van der Waals surface area contributed by atoms with Gasteiger partial charge >= 0.3 is 0 Å². The molecule has 7 heteroatoms. The van der Waals surface area contributed by atoms with Crippen LogP contribution in [0.25, 0.3) is 11.4 Å². The van der Waals surface area contributed by atoms with Gasteiger partial charge in [-0.3, -0.25) is 19.9 Å². The number of aromatic nitrogens is 5. The molecule has 3 rings (SSSR count). The number of hydrogen-bond donors (Lipinski definition) is 2. The Labute approximate surface area is 126 Å². The number of nitrogens with zero attached hydrogens (tertiary/aromatic N) is 4. The molecule has 110 valence electrons. The van der Waals surface area contributed by atoms with Crippen LogP contribution in [0.3, 0.4) is 0 Å². The number of hydrogen-bond acceptors (Lipinski definition) is 5. The normalized spacial score (nSPS) is 11.9. The molecular formula is C15H14N6O. The van der Waals surface area contributed by atoms with E-state index in [-0.39, 0.29) is 11.9 Å². The Morgan fingerprint density at radius 1 is 1.18 bits per heavy atom. The van der Waals surface area contributed by atoms with Crippen molar-refractivity contribution in [1.82, 2.24) is 30.5 Å². The second-order valence-corrected chi connectivity index (χ2v) is 4.72. The van der Waals surface area contributed by atoms with E-state index in [0.29, 0.717) is 17.2 Å². The summed E-state index contributed by atoms with van der Waals surface area (Å²) in [6.07, 6.45) is 6.50. The zero-order chi connectivity index (χ0) is 15.4. The minimum atomic E-state index is -0.296. The second-order valence-electron chi connectivity index (χ2n) is 4.72. The van der Waals surface area contributed by atoms with Gasteiger partial charge in [0.2, 0.25) is 0 Å². The van der Waals surface area contributed by atoms with Gasteiger partial charge in [0.25, 0.3) is 5.91 Å². The molecule has 0 unspecified atom stereocenters. The van der Waals surface area contributed by atoms with Gasteiger partial charge in [-0.2, -0.15) is 5.10 Å². The molecule has 0 aliphatic heterocycles. The predicted octanol–water partition coefficient (Wildman–Crippen LogP) is 1.75. The van der Waals surface area contributed by atoms with E-state index in [4.69, 9.17) is 0 Å². The Bertz CT molecular complexity index is 756. The van der Waals surface area contributed by atoms with E-state index in [0.717, 1.165) is 5.56 Å². The maximum atomic E-state index is 12.1. The van der Waals surface area contributed by atoms with Crippen LogP contribution in [-0.2, 0) is 0 Å². The lowest BCUT2D eigenvalue weighted by Crippen LogP contribution is -2.27. The Balaban J connectivity index is 1.72. The zero-order valence-corrected chi connectivity index (χ0v) is 11.9. The summed E-state index contributed by atoms with van der Waals surface area (Å²) >= 11 is 0. The number of carbonyl (C=O) groups excluding carboxylic acids is 1. The van der Waals surface area contributed by atoms with Crippen molar-refractivity contribution < 1.29 is 4.79 Å². The lowest BCUT2D eigenvalue weighted by molar-refractivity contribution is 0.0938. The molecule has 3 aromatic rings. The van der Waals surface area contributed by atoms with Gasteiger partial charge in [-0.15, -0.1) is 0 Å². The molecular weight excluding hydrogens is 280 g/mol. The summed E-state index contributed by atoms with van der Waals surface area (Å²) in [5, 5.41) is 9.86. The van der Waals surface area contributed by atoms with Gasteiger partial charge < -0.3 is 5.32 Å². The summed E-state index contributed by atoms with van der Waals surface area (Å²) in [6, 6.07) is 6.78. The molecule has 7 nitrogen and oxygen atoms in total. The van der Waals surface area contributed by atoms with Gasteiger partial charge in [0, 0.05) is 30.4 Å². The molecule has 3 aromatic heterocycles. The Kier molecular flexibility index (Phi) is 3.86. The van der Waals surface area contributed by atoms with E-state index in [1.54, 1.807) is 30.7 Å². The van der Waals surface area contributed by atoms with E-state index in [9.17, 15) is 4.79 Å². The monoisotopic (exact) mass is 294 g/mol. The van der Waals surface area contributed by atoms with Crippen molar-refractivity contribution in [3.05, 3.63) is 60.4 Å². The number of carbonyl (C=O) groups is 1. The molecule has 22 heavy (non-hydrogen) atoms. The minimum Gasteiger partial charge on any atom is -0.342 e. The number of rotatable bonds is 4. The van der Waals surface area contributed by atoms with Crippen molar-refractivity contribution in [2.24, 2.45) is 0 Å². The van der Waals surface area contributed by atoms with Crippen molar-refractivity contribution in [3.8, 4) is 11.4 Å². The summed E-state index contributed by atoms with van der Waals surface area (Å²) in [7, 11) is 0. The molecule has 0 aliphatic rings. The fourth-order valence-electron chi connectivity index (χ4n) is 1.94. The van der Waals surface area contributed by atoms with Gasteiger partial charge in [0.1, 0.15) is 5.82 Å². The van der Waals surface area contributed by atoms with Crippen LogP contribution in [0.4, 0.5) is 0 Å². The van der Waals surface area contributed by atoms with Crippen LogP contribution in [-0.4, -0.2) is 31.1 Å². The standard InChI is InChI=1S/C15H14N6O/c1-10(18-15(22)12-3-2-6-17-9-12)13-19-14(21-20-13)11-4-7-16-8-5-11/h2-10H,1H3,(H,18,22)(H,19,20,21)/t10-/m0/s1. The van der Waals surface area contributed by atoms with E-state index < -0.39 is 0 Å². The highest BCUT2D eigenvalue weighted by molar-refractivity contribution is 5.94. The molecule has 3 heterocycles. The zero-order valence-electron chi connectivity index (χ0n) is 11.9. The molecule has 0 saturated carbocycles. The molecule has 2 N–H and O–H groups in total. The summed E-state index contributed by atoms with van der Waals surface area (Å²) in [5.74, 6) is 0.950. The van der Waals surface area contributed by atoms with E-state index in [1.807, 2.05) is 19.1 Å². The van der Waals surface area contributed by atoms with Gasteiger partial charge in [-0.1, -0.05) is 0 Å². The maximum Gasteiger partial charge on any atom is 0.253 e. The summed E-state index contributed by atoms with van der Waals surface area (Å²) in [5.41, 5.74) is 1.37. The Morgan fingerprint density at radius 2 is 2.00 bits per heavy atom. The third-order valence-corrected chi connectivity index (χ3v) is 3.12. The molecule has 0 aromatic carbocycles. The second kappa shape index (κ2) is 6.13. The van der Waals surface area contributed by atoms with Crippen molar-refractivity contribution >= 4 is 5.91 Å². The van der Waals surface area contributed by atoms with Crippen molar-refractivity contribution in [2.45, 2.75) is 13.0 Å². The smallest absolute Gasteiger partial charge is 0.253 e. The van der Waals surface area contributed by atoms with Gasteiger partial charge in [0.15, 0.2) is 5.82 Å². The number of nitrogens with one attached hydrogen (secondary N) is 2. The van der Waals surface area contributed by atoms with Crippen LogP contribution in [0, 0.1) is 0 Å². The maximum absolute atomic E-state index is 12.1. The quantitative estimate of drug-likeness (QED) is 0.764. The van der Waals surface area contributed by atoms with Crippen LogP contribution < -0.4 is 5.32 Å². The highest BCUT2D eigenvalue weighted by atomic mass is 16.1. The lowest BCUT2D eigenvalue weighted by Gasteiger charge is -2.10. The van der Waals surface area contributed by atoms with Crippen LogP contribution in [0.5, 0.6) is 0 Å². The van der Waals surface area contributed by atoms with Crippen LogP contribution >= 0.6 is 0 Å². The average molecular weight is 294 g/mol. The van der Waals surface area contributed by atoms with Gasteiger partial charge in [0.05, 0.1) is 11.6 Å². The lowest BCUT2D eigenvalue weighted by atomic mass is 10.2. The summed E-state index contributed by atoms with van der Waals surface area (Å²) in [4.78, 5) is 24.4. The van der Waals surface area contributed by atoms with Crippen LogP contribution in [0.2, 0.25) is 0 Å². The Morgan fingerprint density at radius 3 is 2.73 bits per heavy atom. The first-order chi connectivity index (χ1) is 10.7. The molecule has 0 spiro atoms. The van der Waals surface area contributed by atoms with Crippen LogP contribution in [0.1, 0.15) is 29.1 Å². The highest BCUT2D eigenvalue weighted by Gasteiger charge is 2.15. The topological polar surface area (TPSA) is 96.5 Å². The Hall–Kier alpha value is -3.09. The first-order valence-electron chi connectivity index (χ1n) is 6.77. The van der Waals surface area contributed by atoms with E-state index in [2.05, 4.69) is 30.5 Å². The van der Waals surface area contributed by atoms with E-state index >= 15 is 0 Å².